The monoisotopic (exact) mass is 268 g/mol. The average molecular weight is 268 g/mol. The summed E-state index contributed by atoms with van der Waals surface area (Å²) in [6, 6.07) is -0.167. The molecule has 0 heterocycles. The fourth-order valence-electron chi connectivity index (χ4n) is 2.21. The van der Waals surface area contributed by atoms with Crippen LogP contribution in [0.4, 0.5) is 4.79 Å². The molecular formula is C14H24N2O3. The van der Waals surface area contributed by atoms with Crippen molar-refractivity contribution in [3.8, 4) is 0 Å². The summed E-state index contributed by atoms with van der Waals surface area (Å²) < 4.78 is 0. The first-order chi connectivity index (χ1) is 9.13. The molecule has 1 rings (SSSR count). The molecular weight excluding hydrogens is 244 g/mol. The van der Waals surface area contributed by atoms with Gasteiger partial charge in [0.25, 0.3) is 0 Å². The topological polar surface area (TPSA) is 69.6 Å². The van der Waals surface area contributed by atoms with Crippen molar-refractivity contribution in [3.63, 3.8) is 0 Å². The van der Waals surface area contributed by atoms with Crippen LogP contribution in [-0.4, -0.2) is 41.6 Å². The highest BCUT2D eigenvalue weighted by molar-refractivity contribution is 5.75. The van der Waals surface area contributed by atoms with Crippen LogP contribution in [0.3, 0.4) is 0 Å². The van der Waals surface area contributed by atoms with Gasteiger partial charge >= 0.3 is 12.0 Å². The molecule has 0 aliphatic heterocycles. The van der Waals surface area contributed by atoms with Gasteiger partial charge in [-0.3, -0.25) is 4.79 Å². The van der Waals surface area contributed by atoms with E-state index in [0.717, 1.165) is 19.3 Å². The molecule has 108 valence electrons. The molecule has 5 nitrogen and oxygen atoms in total. The molecule has 0 saturated heterocycles. The van der Waals surface area contributed by atoms with Crippen molar-refractivity contribution in [2.24, 2.45) is 0 Å². The normalized spacial score (nSPS) is 14.7. The Balaban J connectivity index is 2.24. The van der Waals surface area contributed by atoms with Crippen molar-refractivity contribution < 1.29 is 14.7 Å². The number of carbonyl (C=O) groups is 2. The van der Waals surface area contributed by atoms with Crippen LogP contribution in [-0.2, 0) is 4.79 Å². The number of rotatable bonds is 7. The number of carbonyl (C=O) groups excluding carboxylic acids is 1. The minimum absolute atomic E-state index is 0.00753. The minimum atomic E-state index is -0.876. The summed E-state index contributed by atoms with van der Waals surface area (Å²) >= 11 is 0. The van der Waals surface area contributed by atoms with Gasteiger partial charge in [0.05, 0.1) is 6.42 Å². The first kappa shape index (κ1) is 15.5. The van der Waals surface area contributed by atoms with Gasteiger partial charge in [-0.1, -0.05) is 11.6 Å². The van der Waals surface area contributed by atoms with Crippen LogP contribution in [0, 0.1) is 0 Å². The summed E-state index contributed by atoms with van der Waals surface area (Å²) in [6.45, 7) is 3.28. The highest BCUT2D eigenvalue weighted by Gasteiger charge is 2.12. The van der Waals surface area contributed by atoms with Crippen LogP contribution in [0.5, 0.6) is 0 Å². The molecule has 0 aromatic carbocycles. The molecule has 1 aliphatic rings. The Morgan fingerprint density at radius 3 is 2.79 bits per heavy atom. The zero-order chi connectivity index (χ0) is 14.1. The Bertz CT molecular complexity index is 340. The Morgan fingerprint density at radius 1 is 1.42 bits per heavy atom. The minimum Gasteiger partial charge on any atom is -0.481 e. The van der Waals surface area contributed by atoms with Gasteiger partial charge in [-0.2, -0.15) is 0 Å². The van der Waals surface area contributed by atoms with Crippen LogP contribution >= 0.6 is 0 Å². The van der Waals surface area contributed by atoms with E-state index in [9.17, 15) is 9.59 Å². The smallest absolute Gasteiger partial charge is 0.317 e. The van der Waals surface area contributed by atoms with Gasteiger partial charge in [-0.05, 0) is 39.0 Å². The number of carboxylic acid groups (broad SMARTS) is 1. The number of hydrogen-bond acceptors (Lipinski definition) is 2. The van der Waals surface area contributed by atoms with E-state index in [-0.39, 0.29) is 19.0 Å². The summed E-state index contributed by atoms with van der Waals surface area (Å²) in [5.41, 5.74) is 1.43. The molecule has 0 unspecified atom stereocenters. The van der Waals surface area contributed by atoms with Gasteiger partial charge in [-0.25, -0.2) is 4.79 Å². The lowest BCUT2D eigenvalue weighted by Gasteiger charge is -2.21. The summed E-state index contributed by atoms with van der Waals surface area (Å²) in [4.78, 5) is 23.9. The second-order valence-electron chi connectivity index (χ2n) is 4.81. The van der Waals surface area contributed by atoms with E-state index in [1.165, 1.54) is 23.3 Å². The van der Waals surface area contributed by atoms with E-state index in [1.54, 1.807) is 0 Å². The zero-order valence-corrected chi connectivity index (χ0v) is 11.7. The van der Waals surface area contributed by atoms with E-state index in [2.05, 4.69) is 11.4 Å². The van der Waals surface area contributed by atoms with Gasteiger partial charge in [0, 0.05) is 19.6 Å². The molecule has 5 heteroatoms. The fourth-order valence-corrected chi connectivity index (χ4v) is 2.21. The number of nitrogens with zero attached hydrogens (tertiary/aromatic N) is 1. The highest BCUT2D eigenvalue weighted by atomic mass is 16.4. The first-order valence-corrected chi connectivity index (χ1v) is 7.06. The molecule has 0 radical (unpaired) electrons. The molecule has 0 aromatic rings. The Kier molecular flexibility index (Phi) is 7.00. The van der Waals surface area contributed by atoms with Crippen molar-refractivity contribution >= 4 is 12.0 Å². The van der Waals surface area contributed by atoms with Crippen LogP contribution in [0.2, 0.25) is 0 Å². The van der Waals surface area contributed by atoms with E-state index in [1.807, 2.05) is 6.92 Å². The third kappa shape index (κ3) is 6.27. The maximum absolute atomic E-state index is 11.8. The zero-order valence-electron chi connectivity index (χ0n) is 11.7. The molecule has 0 fully saturated rings. The third-order valence-electron chi connectivity index (χ3n) is 3.37. The predicted octanol–water partition coefficient (Wildman–Crippen LogP) is 2.38. The van der Waals surface area contributed by atoms with Crippen LogP contribution in [0.25, 0.3) is 0 Å². The van der Waals surface area contributed by atoms with Gasteiger partial charge in [0.15, 0.2) is 0 Å². The number of carboxylic acids is 1. The summed E-state index contributed by atoms with van der Waals surface area (Å²) in [6.07, 6.45) is 8.00. The number of urea groups is 1. The Hall–Kier alpha value is -1.52. The van der Waals surface area contributed by atoms with Crippen LogP contribution < -0.4 is 5.32 Å². The number of nitrogens with one attached hydrogen (secondary N) is 1. The number of aliphatic carboxylic acids is 1. The second kappa shape index (κ2) is 8.56. The standard InChI is InChI=1S/C14H24N2O3/c1-2-16(11-9-13(17)18)14(19)15-10-8-12-6-4-3-5-7-12/h6H,2-5,7-11H2,1H3,(H,15,19)(H,17,18). The summed E-state index contributed by atoms with van der Waals surface area (Å²) in [5.74, 6) is -0.876. The molecule has 2 amide bonds. The first-order valence-electron chi connectivity index (χ1n) is 7.06. The van der Waals surface area contributed by atoms with Gasteiger partial charge < -0.3 is 15.3 Å². The fraction of sp³-hybridized carbons (Fsp3) is 0.714. The van der Waals surface area contributed by atoms with E-state index in [0.29, 0.717) is 13.1 Å². The van der Waals surface area contributed by atoms with Gasteiger partial charge in [-0.15, -0.1) is 0 Å². The predicted molar refractivity (Wildman–Crippen MR) is 74.1 cm³/mol. The van der Waals surface area contributed by atoms with Gasteiger partial charge in [0.1, 0.15) is 0 Å². The summed E-state index contributed by atoms with van der Waals surface area (Å²) in [7, 11) is 0. The molecule has 0 bridgehead atoms. The Morgan fingerprint density at radius 2 is 2.21 bits per heavy atom. The lowest BCUT2D eigenvalue weighted by Crippen LogP contribution is -2.41. The molecule has 19 heavy (non-hydrogen) atoms. The van der Waals surface area contributed by atoms with E-state index in [4.69, 9.17) is 5.11 Å². The molecule has 0 atom stereocenters. The Labute approximate surface area is 114 Å². The van der Waals surface area contributed by atoms with Crippen molar-refractivity contribution in [2.45, 2.75) is 45.4 Å². The third-order valence-corrected chi connectivity index (χ3v) is 3.37. The maximum Gasteiger partial charge on any atom is 0.317 e. The highest BCUT2D eigenvalue weighted by Crippen LogP contribution is 2.19. The maximum atomic E-state index is 11.8. The number of amides is 2. The van der Waals surface area contributed by atoms with Crippen LogP contribution in [0.15, 0.2) is 11.6 Å². The second-order valence-corrected chi connectivity index (χ2v) is 4.81. The van der Waals surface area contributed by atoms with Crippen molar-refractivity contribution in [1.29, 1.82) is 0 Å². The van der Waals surface area contributed by atoms with Crippen LogP contribution in [0.1, 0.15) is 45.4 Å². The summed E-state index contributed by atoms with van der Waals surface area (Å²) in [5, 5.41) is 11.5. The van der Waals surface area contributed by atoms with Crippen molar-refractivity contribution in [1.82, 2.24) is 10.2 Å². The van der Waals surface area contributed by atoms with E-state index >= 15 is 0 Å². The average Bonchev–Trinajstić information content (AvgIpc) is 2.40. The lowest BCUT2D eigenvalue weighted by atomic mass is 9.97. The number of hydrogen-bond donors (Lipinski definition) is 2. The lowest BCUT2D eigenvalue weighted by molar-refractivity contribution is -0.137. The largest absolute Gasteiger partial charge is 0.481 e. The van der Waals surface area contributed by atoms with E-state index < -0.39 is 5.97 Å². The van der Waals surface area contributed by atoms with Gasteiger partial charge in [0.2, 0.25) is 0 Å². The molecule has 0 spiro atoms. The molecule has 0 aromatic heterocycles. The molecule has 1 aliphatic carbocycles. The van der Waals surface area contributed by atoms with Crippen molar-refractivity contribution in [3.05, 3.63) is 11.6 Å². The molecule has 0 saturated carbocycles. The quantitative estimate of drug-likeness (QED) is 0.696. The molecule has 2 N–H and O–H groups in total. The number of allylic oxidation sites excluding steroid dienone is 1. The van der Waals surface area contributed by atoms with Crippen molar-refractivity contribution in [2.75, 3.05) is 19.6 Å². The SMILES string of the molecule is CCN(CCC(=O)O)C(=O)NCCC1=CCCCC1.